The Labute approximate surface area is 93.1 Å². The van der Waals surface area contributed by atoms with Crippen LogP contribution in [0, 0.1) is 6.92 Å². The quantitative estimate of drug-likeness (QED) is 0.648. The first-order valence-electron chi connectivity index (χ1n) is 4.88. The molecule has 0 atom stereocenters. The summed E-state index contributed by atoms with van der Waals surface area (Å²) in [6, 6.07) is 6.40. The van der Waals surface area contributed by atoms with Gasteiger partial charge in [0.25, 0.3) is 0 Å². The molecule has 0 aliphatic heterocycles. The molecule has 2 aromatic rings. The van der Waals surface area contributed by atoms with Crippen LogP contribution in [0.2, 0.25) is 0 Å². The zero-order valence-corrected chi connectivity index (χ0v) is 9.77. The van der Waals surface area contributed by atoms with Gasteiger partial charge in [0.05, 0.1) is 4.53 Å². The molecule has 0 amide bonds. The molecule has 0 radical (unpaired) electrons. The van der Waals surface area contributed by atoms with E-state index in [2.05, 4.69) is 49.8 Å². The third-order valence-electron chi connectivity index (χ3n) is 2.48. The molecular weight excluding hydrogens is 202 g/mol. The van der Waals surface area contributed by atoms with Crippen LogP contribution in [0.15, 0.2) is 23.2 Å². The molecule has 1 aromatic heterocycles. The van der Waals surface area contributed by atoms with Crippen molar-refractivity contribution in [3.05, 3.63) is 33.5 Å². The maximum atomic E-state index is 3.85. The molecule has 0 N–H and O–H groups in total. The Morgan fingerprint density at radius 3 is 2.87 bits per heavy atom. The van der Waals surface area contributed by atoms with Gasteiger partial charge in [-0.15, -0.1) is 11.3 Å². The van der Waals surface area contributed by atoms with E-state index in [9.17, 15) is 0 Å². The standard InChI is InChI=1S/C13H13NS/c1-4-10-11-7-5-6-9(2)13(11)15-12(10)8-14-3/h4-8H,3H2,1-2H3/b10-4-,12-8+. The lowest BCUT2D eigenvalue weighted by Gasteiger charge is -1.92. The number of hydrogen-bond acceptors (Lipinski definition) is 2. The van der Waals surface area contributed by atoms with Gasteiger partial charge < -0.3 is 0 Å². The molecule has 0 spiro atoms. The molecule has 0 aliphatic rings. The van der Waals surface area contributed by atoms with Crippen LogP contribution < -0.4 is 9.75 Å². The van der Waals surface area contributed by atoms with Crippen molar-refractivity contribution in [2.24, 2.45) is 4.99 Å². The van der Waals surface area contributed by atoms with Crippen LogP contribution in [0.5, 0.6) is 0 Å². The normalized spacial score (nSPS) is 13.7. The predicted molar refractivity (Wildman–Crippen MR) is 70.0 cm³/mol. The summed E-state index contributed by atoms with van der Waals surface area (Å²) < 4.78 is 2.54. The first-order chi connectivity index (χ1) is 7.27. The SMILES string of the molecule is C=N/C=c1/sc2c(C)cccc2/c1=C/C. The Balaban J connectivity index is 3.05. The Morgan fingerprint density at radius 1 is 1.40 bits per heavy atom. The van der Waals surface area contributed by atoms with E-state index in [-0.39, 0.29) is 0 Å². The van der Waals surface area contributed by atoms with Crippen molar-refractivity contribution in [3.8, 4) is 0 Å². The lowest BCUT2D eigenvalue weighted by Crippen LogP contribution is -2.17. The van der Waals surface area contributed by atoms with Gasteiger partial charge >= 0.3 is 0 Å². The van der Waals surface area contributed by atoms with Crippen molar-refractivity contribution in [2.75, 3.05) is 0 Å². The lowest BCUT2D eigenvalue weighted by molar-refractivity contribution is 1.55. The highest BCUT2D eigenvalue weighted by atomic mass is 32.1. The summed E-state index contributed by atoms with van der Waals surface area (Å²) in [5.41, 5.74) is 1.32. The van der Waals surface area contributed by atoms with Crippen LogP contribution in [0.4, 0.5) is 0 Å². The van der Waals surface area contributed by atoms with E-state index in [1.165, 1.54) is 25.4 Å². The van der Waals surface area contributed by atoms with Crippen molar-refractivity contribution >= 4 is 40.4 Å². The number of fused-ring (bicyclic) bond motifs is 1. The monoisotopic (exact) mass is 215 g/mol. The fraction of sp³-hybridized carbons (Fsp3) is 0.154. The highest BCUT2D eigenvalue weighted by molar-refractivity contribution is 7.17. The molecule has 76 valence electrons. The van der Waals surface area contributed by atoms with Crippen LogP contribution in [0.3, 0.4) is 0 Å². The number of rotatable bonds is 1. The van der Waals surface area contributed by atoms with Gasteiger partial charge in [0.2, 0.25) is 0 Å². The van der Waals surface area contributed by atoms with Gasteiger partial charge in [-0.2, -0.15) is 0 Å². The van der Waals surface area contributed by atoms with E-state index in [4.69, 9.17) is 0 Å². The van der Waals surface area contributed by atoms with E-state index in [0.29, 0.717) is 0 Å². The summed E-state index contributed by atoms with van der Waals surface area (Å²) >= 11 is 1.78. The number of benzene rings is 1. The van der Waals surface area contributed by atoms with Gasteiger partial charge in [-0.05, 0) is 31.3 Å². The molecule has 2 heteroatoms. The number of aliphatic imine (C=N–C) groups is 1. The van der Waals surface area contributed by atoms with E-state index in [0.717, 1.165) is 0 Å². The first-order valence-corrected chi connectivity index (χ1v) is 5.70. The molecule has 0 bridgehead atoms. The van der Waals surface area contributed by atoms with Gasteiger partial charge in [-0.1, -0.05) is 24.3 Å². The van der Waals surface area contributed by atoms with Gasteiger partial charge in [0.15, 0.2) is 0 Å². The van der Waals surface area contributed by atoms with E-state index >= 15 is 0 Å². The van der Waals surface area contributed by atoms with Gasteiger partial charge in [-0.3, -0.25) is 4.99 Å². The summed E-state index contributed by atoms with van der Waals surface area (Å²) in [7, 11) is 0. The number of thiophene rings is 1. The van der Waals surface area contributed by atoms with Crippen molar-refractivity contribution in [1.82, 2.24) is 0 Å². The Hall–Kier alpha value is -1.41. The smallest absolute Gasteiger partial charge is 0.0534 e. The third kappa shape index (κ3) is 1.61. The predicted octanol–water partition coefficient (Wildman–Crippen LogP) is 2.45. The minimum Gasteiger partial charge on any atom is -0.271 e. The topological polar surface area (TPSA) is 12.4 Å². The summed E-state index contributed by atoms with van der Waals surface area (Å²) in [4.78, 5) is 3.85. The Kier molecular flexibility index (Phi) is 2.69. The highest BCUT2D eigenvalue weighted by Gasteiger charge is 2.01. The van der Waals surface area contributed by atoms with Gasteiger partial charge in [0.1, 0.15) is 0 Å². The van der Waals surface area contributed by atoms with Crippen molar-refractivity contribution < 1.29 is 0 Å². The zero-order chi connectivity index (χ0) is 10.8. The lowest BCUT2D eigenvalue weighted by atomic mass is 10.1. The second-order valence-electron chi connectivity index (χ2n) is 3.43. The van der Waals surface area contributed by atoms with Crippen LogP contribution in [0.25, 0.3) is 22.4 Å². The van der Waals surface area contributed by atoms with E-state index in [1.54, 1.807) is 11.3 Å². The minimum absolute atomic E-state index is 1.19. The molecule has 15 heavy (non-hydrogen) atoms. The molecule has 1 heterocycles. The highest BCUT2D eigenvalue weighted by Crippen LogP contribution is 2.17. The molecule has 0 aliphatic carbocycles. The minimum atomic E-state index is 1.19. The van der Waals surface area contributed by atoms with Crippen molar-refractivity contribution in [2.45, 2.75) is 13.8 Å². The summed E-state index contributed by atoms with van der Waals surface area (Å²) in [6.45, 7) is 7.71. The molecule has 1 aromatic carbocycles. The third-order valence-corrected chi connectivity index (χ3v) is 3.77. The zero-order valence-electron chi connectivity index (χ0n) is 8.95. The second kappa shape index (κ2) is 3.99. The molecule has 0 fully saturated rings. The summed E-state index contributed by atoms with van der Waals surface area (Å²) in [6.07, 6.45) is 3.97. The number of nitrogens with zero attached hydrogens (tertiary/aromatic N) is 1. The Morgan fingerprint density at radius 2 is 2.20 bits per heavy atom. The van der Waals surface area contributed by atoms with Crippen LogP contribution in [-0.2, 0) is 0 Å². The number of hydrogen-bond donors (Lipinski definition) is 0. The van der Waals surface area contributed by atoms with Gasteiger partial charge in [0, 0.05) is 16.3 Å². The van der Waals surface area contributed by atoms with Crippen LogP contribution in [0.1, 0.15) is 12.5 Å². The largest absolute Gasteiger partial charge is 0.271 e. The van der Waals surface area contributed by atoms with Gasteiger partial charge in [-0.25, -0.2) is 0 Å². The average Bonchev–Trinajstić information content (AvgIpc) is 2.58. The molecule has 0 saturated heterocycles. The fourth-order valence-electron chi connectivity index (χ4n) is 1.77. The van der Waals surface area contributed by atoms with Crippen LogP contribution >= 0.6 is 11.3 Å². The molecule has 0 unspecified atom stereocenters. The molecule has 2 rings (SSSR count). The average molecular weight is 215 g/mol. The number of aryl methyl sites for hydroxylation is 1. The summed E-state index contributed by atoms with van der Waals surface area (Å²) in [5.74, 6) is 0. The fourth-order valence-corrected chi connectivity index (χ4v) is 2.98. The van der Waals surface area contributed by atoms with Crippen molar-refractivity contribution in [3.63, 3.8) is 0 Å². The second-order valence-corrected chi connectivity index (χ2v) is 4.48. The Bertz CT molecular complexity index is 620. The van der Waals surface area contributed by atoms with E-state index < -0.39 is 0 Å². The molecule has 0 saturated carbocycles. The van der Waals surface area contributed by atoms with Crippen molar-refractivity contribution in [1.29, 1.82) is 0 Å². The molecular formula is C13H13NS. The van der Waals surface area contributed by atoms with E-state index in [1.807, 2.05) is 6.20 Å². The molecule has 1 nitrogen and oxygen atoms in total. The maximum Gasteiger partial charge on any atom is 0.0534 e. The first kappa shape index (κ1) is 10.1. The summed E-state index contributed by atoms with van der Waals surface area (Å²) in [5, 5.41) is 2.59. The maximum absolute atomic E-state index is 3.85. The van der Waals surface area contributed by atoms with Crippen LogP contribution in [-0.4, -0.2) is 6.72 Å².